The highest BCUT2D eigenvalue weighted by Crippen LogP contribution is 2.21. The molecule has 1 N–H and O–H groups in total. The van der Waals surface area contributed by atoms with Crippen LogP contribution in [0.2, 0.25) is 0 Å². The highest BCUT2D eigenvalue weighted by Gasteiger charge is 2.24. The third kappa shape index (κ3) is 4.99. The molecule has 1 aromatic heterocycles. The second-order valence-corrected chi connectivity index (χ2v) is 7.25. The molecule has 0 spiro atoms. The van der Waals surface area contributed by atoms with E-state index < -0.39 is 0 Å². The molecule has 7 heteroatoms. The van der Waals surface area contributed by atoms with Gasteiger partial charge in [0.1, 0.15) is 23.7 Å². The molecule has 1 aliphatic rings. The van der Waals surface area contributed by atoms with Gasteiger partial charge in [0.05, 0.1) is 39.0 Å². The van der Waals surface area contributed by atoms with Crippen molar-refractivity contribution in [3.8, 4) is 5.75 Å². The number of carbonyl (C=O) groups excluding carboxylic acids is 1. The van der Waals surface area contributed by atoms with Gasteiger partial charge >= 0.3 is 0 Å². The summed E-state index contributed by atoms with van der Waals surface area (Å²) in [7, 11) is 1.65. The van der Waals surface area contributed by atoms with E-state index in [1.165, 1.54) is 4.90 Å². The third-order valence-corrected chi connectivity index (χ3v) is 5.35. The summed E-state index contributed by atoms with van der Waals surface area (Å²) in [4.78, 5) is 16.9. The van der Waals surface area contributed by atoms with Crippen LogP contribution in [0.1, 0.15) is 11.5 Å². The largest absolute Gasteiger partial charge is 0.497 e. The molecule has 1 saturated heterocycles. The van der Waals surface area contributed by atoms with Gasteiger partial charge in [-0.05, 0) is 31.2 Å². The number of piperazine rings is 1. The number of ether oxygens (including phenoxy) is 1. The molecule has 0 unspecified atom stereocenters. The molecule has 25 heavy (non-hydrogen) atoms. The van der Waals surface area contributed by atoms with Crippen molar-refractivity contribution in [3.05, 3.63) is 41.8 Å². The molecule has 1 fully saturated rings. The molecule has 2 aromatic rings. The lowest BCUT2D eigenvalue weighted by Gasteiger charge is -2.31. The average molecular weight is 362 g/mol. The van der Waals surface area contributed by atoms with E-state index in [0.29, 0.717) is 5.75 Å². The summed E-state index contributed by atoms with van der Waals surface area (Å²) in [6.45, 7) is 6.26. The fourth-order valence-corrected chi connectivity index (χ4v) is 3.72. The minimum absolute atomic E-state index is 0.206. The van der Waals surface area contributed by atoms with Gasteiger partial charge in [0.2, 0.25) is 5.91 Å². The first kappa shape index (κ1) is 17.8. The van der Waals surface area contributed by atoms with Crippen LogP contribution in [0, 0.1) is 6.92 Å². The predicted molar refractivity (Wildman–Crippen MR) is 95.9 cm³/mol. The second kappa shape index (κ2) is 8.40. The van der Waals surface area contributed by atoms with Crippen LogP contribution in [-0.4, -0.2) is 55.0 Å². The van der Waals surface area contributed by atoms with Gasteiger partial charge in [0.25, 0.3) is 0 Å². The van der Waals surface area contributed by atoms with Crippen LogP contribution in [0.4, 0.5) is 0 Å². The van der Waals surface area contributed by atoms with Crippen LogP contribution in [-0.2, 0) is 11.3 Å². The summed E-state index contributed by atoms with van der Waals surface area (Å²) in [6, 6.07) is 9.79. The molecule has 0 radical (unpaired) electrons. The number of benzene rings is 1. The van der Waals surface area contributed by atoms with Gasteiger partial charge in [0, 0.05) is 11.0 Å². The standard InChI is InChI=1S/C18H23N3O3S/c1-14-11-15(19-24-14)12-20-7-9-21(10-8-20)18(22)13-25-17-5-3-16(23-2)4-6-17/h3-6,11H,7-10,12-13H2,1-2H3/p+1. The Labute approximate surface area is 152 Å². The van der Waals surface area contributed by atoms with Crippen molar-refractivity contribution < 1.29 is 19.0 Å². The number of aryl methyl sites for hydroxylation is 1. The van der Waals surface area contributed by atoms with E-state index in [1.807, 2.05) is 42.2 Å². The number of methoxy groups -OCH3 is 1. The van der Waals surface area contributed by atoms with Crippen LogP contribution in [0.15, 0.2) is 39.8 Å². The molecular formula is C18H24N3O3S+. The lowest BCUT2D eigenvalue weighted by molar-refractivity contribution is -0.918. The zero-order valence-corrected chi connectivity index (χ0v) is 15.5. The fourth-order valence-electron chi connectivity index (χ4n) is 2.91. The van der Waals surface area contributed by atoms with Crippen molar-refractivity contribution in [2.75, 3.05) is 39.0 Å². The molecule has 3 rings (SSSR count). The quantitative estimate of drug-likeness (QED) is 0.778. The van der Waals surface area contributed by atoms with Crippen LogP contribution in [0.3, 0.4) is 0 Å². The number of nitrogens with one attached hydrogen (secondary N) is 1. The number of hydrogen-bond donors (Lipinski definition) is 1. The van der Waals surface area contributed by atoms with Crippen molar-refractivity contribution in [2.24, 2.45) is 0 Å². The first-order chi connectivity index (χ1) is 12.1. The number of rotatable bonds is 6. The summed E-state index contributed by atoms with van der Waals surface area (Å²) < 4.78 is 10.3. The summed E-state index contributed by atoms with van der Waals surface area (Å²) in [5.41, 5.74) is 0.988. The average Bonchev–Trinajstić information content (AvgIpc) is 3.05. The summed E-state index contributed by atoms with van der Waals surface area (Å²) in [5, 5.41) is 4.05. The van der Waals surface area contributed by atoms with Crippen LogP contribution in [0.25, 0.3) is 0 Å². The van der Waals surface area contributed by atoms with E-state index in [2.05, 4.69) is 5.16 Å². The molecule has 0 saturated carbocycles. The van der Waals surface area contributed by atoms with Gasteiger partial charge in [-0.25, -0.2) is 0 Å². The van der Waals surface area contributed by atoms with E-state index in [1.54, 1.807) is 18.9 Å². The van der Waals surface area contributed by atoms with E-state index in [0.717, 1.165) is 54.8 Å². The summed E-state index contributed by atoms with van der Waals surface area (Å²) in [6.07, 6.45) is 0. The number of hydrogen-bond acceptors (Lipinski definition) is 5. The Kier molecular flexibility index (Phi) is 5.99. The zero-order valence-electron chi connectivity index (χ0n) is 14.7. The zero-order chi connectivity index (χ0) is 17.6. The molecule has 1 aromatic carbocycles. The molecule has 2 heterocycles. The van der Waals surface area contributed by atoms with Crippen molar-refractivity contribution in [3.63, 3.8) is 0 Å². The molecule has 134 valence electrons. The number of quaternary nitrogens is 1. The number of aromatic nitrogens is 1. The summed E-state index contributed by atoms with van der Waals surface area (Å²) in [5.74, 6) is 2.36. The molecule has 0 bridgehead atoms. The lowest BCUT2D eigenvalue weighted by atomic mass is 10.3. The highest BCUT2D eigenvalue weighted by atomic mass is 32.2. The molecule has 0 aliphatic carbocycles. The number of carbonyl (C=O) groups is 1. The Hall–Kier alpha value is -1.99. The van der Waals surface area contributed by atoms with Crippen molar-refractivity contribution >= 4 is 17.7 Å². The minimum Gasteiger partial charge on any atom is -0.497 e. The molecule has 1 amide bonds. The number of thioether (sulfide) groups is 1. The Morgan fingerprint density at radius 1 is 1.32 bits per heavy atom. The normalized spacial score (nSPS) is 15.4. The maximum absolute atomic E-state index is 12.4. The van der Waals surface area contributed by atoms with Crippen LogP contribution < -0.4 is 9.64 Å². The van der Waals surface area contributed by atoms with Crippen LogP contribution in [0.5, 0.6) is 5.75 Å². The van der Waals surface area contributed by atoms with Crippen LogP contribution >= 0.6 is 11.8 Å². The Balaban J connectivity index is 1.41. The Morgan fingerprint density at radius 2 is 2.04 bits per heavy atom. The first-order valence-corrected chi connectivity index (χ1v) is 9.43. The van der Waals surface area contributed by atoms with Gasteiger partial charge in [-0.2, -0.15) is 0 Å². The molecule has 1 aliphatic heterocycles. The molecule has 6 nitrogen and oxygen atoms in total. The van der Waals surface area contributed by atoms with E-state index in [9.17, 15) is 4.79 Å². The number of amides is 1. The van der Waals surface area contributed by atoms with Gasteiger partial charge in [0.15, 0.2) is 0 Å². The highest BCUT2D eigenvalue weighted by molar-refractivity contribution is 8.00. The second-order valence-electron chi connectivity index (χ2n) is 6.20. The molecular weight excluding hydrogens is 338 g/mol. The monoisotopic (exact) mass is 362 g/mol. The Morgan fingerprint density at radius 3 is 2.64 bits per heavy atom. The fraction of sp³-hybridized carbons (Fsp3) is 0.444. The van der Waals surface area contributed by atoms with Gasteiger partial charge in [-0.1, -0.05) is 5.16 Å². The van der Waals surface area contributed by atoms with E-state index in [-0.39, 0.29) is 5.91 Å². The van der Waals surface area contributed by atoms with E-state index in [4.69, 9.17) is 9.26 Å². The maximum Gasteiger partial charge on any atom is 0.233 e. The Bertz CT molecular complexity index is 694. The predicted octanol–water partition coefficient (Wildman–Crippen LogP) is 1.01. The smallest absolute Gasteiger partial charge is 0.233 e. The first-order valence-electron chi connectivity index (χ1n) is 8.44. The minimum atomic E-state index is 0.206. The summed E-state index contributed by atoms with van der Waals surface area (Å²) >= 11 is 1.57. The van der Waals surface area contributed by atoms with Crippen molar-refractivity contribution in [1.29, 1.82) is 0 Å². The van der Waals surface area contributed by atoms with Crippen molar-refractivity contribution in [1.82, 2.24) is 10.1 Å². The van der Waals surface area contributed by atoms with Gasteiger partial charge < -0.3 is 19.1 Å². The van der Waals surface area contributed by atoms with Gasteiger partial charge in [-0.15, -0.1) is 11.8 Å². The topological polar surface area (TPSA) is 60.0 Å². The third-order valence-electron chi connectivity index (χ3n) is 4.35. The maximum atomic E-state index is 12.4. The van der Waals surface area contributed by atoms with Gasteiger partial charge in [-0.3, -0.25) is 4.79 Å². The SMILES string of the molecule is COc1ccc(SCC(=O)N2CC[NH+](Cc3cc(C)on3)CC2)cc1. The molecule has 0 atom stereocenters. The van der Waals surface area contributed by atoms with Crippen molar-refractivity contribution in [2.45, 2.75) is 18.4 Å². The van der Waals surface area contributed by atoms with E-state index >= 15 is 0 Å². The number of nitrogens with zero attached hydrogens (tertiary/aromatic N) is 2. The lowest BCUT2D eigenvalue weighted by Crippen LogP contribution is -3.13.